The van der Waals surface area contributed by atoms with Crippen LogP contribution in [0.15, 0.2) is 125 Å². The Morgan fingerprint density at radius 3 is 2.09 bits per heavy atom. The van der Waals surface area contributed by atoms with E-state index in [-0.39, 0.29) is 5.43 Å². The number of benzene rings is 3. The molecule has 0 saturated carbocycles. The number of methoxy groups -OCH3 is 3. The highest BCUT2D eigenvalue weighted by molar-refractivity contribution is 9.10. The predicted molar refractivity (Wildman–Crippen MR) is 269 cm³/mol. The number of H-pyrrole nitrogens is 2. The second-order valence-electron chi connectivity index (χ2n) is 17.2. The Morgan fingerprint density at radius 1 is 0.821 bits per heavy atom. The van der Waals surface area contributed by atoms with Crippen LogP contribution in [0.4, 0.5) is 0 Å². The standard InChI is InChI=1S/C28H33BrN2O4Si.C23H22N4O4/c1-32-21-12-10-20(11-13-21)18-35-27-24(29)16-30-28-26(27)23(22-8-6-7-9-25(22)33-2)17-31(28)19-34-14-15-36(3,4)5;1-27(2)23(30)20(28)14-8-13(9-24-10-14)16-11-25-22-19(21(16)29)17(12-26-22)15-6-4-5-7-18(15)31-3/h6-13,16-17H,14-15,18-19H2,1-5H3;4-12,20,28H,1-3H3,(H2,25,26,29). The molecule has 8 rings (SSSR count). The number of aromatic nitrogens is 5. The summed E-state index contributed by atoms with van der Waals surface area (Å²) in [7, 11) is 6.88. The van der Waals surface area contributed by atoms with E-state index in [1.165, 1.54) is 17.3 Å². The molecule has 1 unspecified atom stereocenters. The molecule has 0 aliphatic rings. The number of carbonyl (C=O) groups excluding carboxylic acids is 1. The monoisotopic (exact) mass is 986 g/mol. The normalized spacial score (nSPS) is 11.8. The summed E-state index contributed by atoms with van der Waals surface area (Å²) in [6, 6.07) is 26.1. The van der Waals surface area contributed by atoms with Crippen molar-refractivity contribution in [2.75, 3.05) is 42.0 Å². The molecule has 3 aromatic carbocycles. The van der Waals surface area contributed by atoms with Crippen LogP contribution < -0.4 is 24.4 Å². The fourth-order valence-electron chi connectivity index (χ4n) is 7.49. The van der Waals surface area contributed by atoms with Crippen molar-refractivity contribution in [3.63, 3.8) is 0 Å². The molecule has 0 radical (unpaired) electrons. The van der Waals surface area contributed by atoms with Gasteiger partial charge in [0.2, 0.25) is 0 Å². The highest BCUT2D eigenvalue weighted by Crippen LogP contribution is 2.43. The van der Waals surface area contributed by atoms with Crippen LogP contribution in [0.5, 0.6) is 23.0 Å². The van der Waals surface area contributed by atoms with Gasteiger partial charge in [-0.15, -0.1) is 0 Å². The van der Waals surface area contributed by atoms with Crippen LogP contribution in [0.1, 0.15) is 17.2 Å². The lowest BCUT2D eigenvalue weighted by molar-refractivity contribution is -0.137. The molecule has 0 bridgehead atoms. The molecule has 1 atom stereocenters. The van der Waals surface area contributed by atoms with Crippen LogP contribution in [0.25, 0.3) is 55.4 Å². The van der Waals surface area contributed by atoms with Crippen molar-refractivity contribution in [2.24, 2.45) is 0 Å². The second kappa shape index (κ2) is 21.3. The molecule has 0 fully saturated rings. The van der Waals surface area contributed by atoms with Gasteiger partial charge in [-0.25, -0.2) is 4.98 Å². The number of hydrogen-bond donors (Lipinski definition) is 3. The lowest BCUT2D eigenvalue weighted by Crippen LogP contribution is -2.28. The number of nitrogens with zero attached hydrogens (tertiary/aromatic N) is 4. The summed E-state index contributed by atoms with van der Waals surface area (Å²) in [6.45, 7) is 8.62. The van der Waals surface area contributed by atoms with E-state index in [0.29, 0.717) is 52.4 Å². The van der Waals surface area contributed by atoms with E-state index in [1.54, 1.807) is 60.1 Å². The minimum absolute atomic E-state index is 0.205. The van der Waals surface area contributed by atoms with Gasteiger partial charge in [-0.05, 0) is 57.9 Å². The maximum atomic E-state index is 13.5. The van der Waals surface area contributed by atoms with Gasteiger partial charge in [-0.3, -0.25) is 14.6 Å². The topological polar surface area (TPSA) is 166 Å². The summed E-state index contributed by atoms with van der Waals surface area (Å²) in [6.07, 6.45) is 8.81. The number of amides is 1. The minimum Gasteiger partial charge on any atom is -0.497 e. The molecule has 3 N–H and O–H groups in total. The molecule has 1 amide bonds. The molecule has 348 valence electrons. The lowest BCUT2D eigenvalue weighted by atomic mass is 10.0. The fourth-order valence-corrected chi connectivity index (χ4v) is 8.66. The van der Waals surface area contributed by atoms with Gasteiger partial charge in [0.05, 0.1) is 36.6 Å². The molecule has 14 nitrogen and oxygen atoms in total. The van der Waals surface area contributed by atoms with Crippen LogP contribution >= 0.6 is 15.9 Å². The van der Waals surface area contributed by atoms with Gasteiger partial charge in [-0.1, -0.05) is 68.2 Å². The van der Waals surface area contributed by atoms with Crippen molar-refractivity contribution < 1.29 is 33.6 Å². The van der Waals surface area contributed by atoms with Crippen molar-refractivity contribution in [2.45, 2.75) is 45.1 Å². The third-order valence-corrected chi connectivity index (χ3v) is 13.4. The van der Waals surface area contributed by atoms with E-state index in [2.05, 4.69) is 62.8 Å². The zero-order chi connectivity index (χ0) is 47.8. The maximum Gasteiger partial charge on any atom is 0.255 e. The van der Waals surface area contributed by atoms with Crippen molar-refractivity contribution >= 4 is 52.0 Å². The van der Waals surface area contributed by atoms with Crippen molar-refractivity contribution in [3.8, 4) is 56.4 Å². The highest BCUT2D eigenvalue weighted by Gasteiger charge is 2.24. The van der Waals surface area contributed by atoms with Crippen molar-refractivity contribution in [3.05, 3.63) is 142 Å². The summed E-state index contributed by atoms with van der Waals surface area (Å²) in [4.78, 5) is 42.0. The van der Waals surface area contributed by atoms with Crippen LogP contribution in [0, 0.1) is 0 Å². The van der Waals surface area contributed by atoms with Crippen LogP contribution in [-0.4, -0.2) is 90.5 Å². The van der Waals surface area contributed by atoms with Gasteiger partial charge in [-0.2, -0.15) is 0 Å². The molecule has 5 aromatic heterocycles. The average molecular weight is 988 g/mol. The third-order valence-electron chi connectivity index (χ3n) is 11.1. The van der Waals surface area contributed by atoms with E-state index < -0.39 is 20.1 Å². The second-order valence-corrected chi connectivity index (χ2v) is 23.6. The lowest BCUT2D eigenvalue weighted by Gasteiger charge is -2.16. The SMILES string of the molecule is COc1ccc(COc2c(Br)cnc3c2c(-c2ccccc2OC)cn3COCC[Si](C)(C)C)cc1.COc1ccccc1-c1c[nH]c2[nH]cc(-c3cncc(C(O)C(=O)N(C)C)c3)c(=O)c12. The van der Waals surface area contributed by atoms with Gasteiger partial charge in [0.25, 0.3) is 5.91 Å². The molecule has 8 aromatic rings. The molecule has 0 aliphatic heterocycles. The van der Waals surface area contributed by atoms with Crippen molar-refractivity contribution in [1.82, 2.24) is 29.4 Å². The number of aliphatic hydroxyl groups is 1. The van der Waals surface area contributed by atoms with E-state index in [1.807, 2.05) is 71.3 Å². The summed E-state index contributed by atoms with van der Waals surface area (Å²) in [5.41, 5.74) is 6.87. The van der Waals surface area contributed by atoms with Crippen molar-refractivity contribution in [1.29, 1.82) is 0 Å². The van der Waals surface area contributed by atoms with Gasteiger partial charge >= 0.3 is 0 Å². The number of halogens is 1. The molecule has 5 heterocycles. The Labute approximate surface area is 398 Å². The zero-order valence-electron chi connectivity index (χ0n) is 38.8. The summed E-state index contributed by atoms with van der Waals surface area (Å²) in [5.74, 6) is 2.53. The molecule has 16 heteroatoms. The molecule has 0 saturated heterocycles. The van der Waals surface area contributed by atoms with E-state index in [9.17, 15) is 14.7 Å². The summed E-state index contributed by atoms with van der Waals surface area (Å²) >= 11 is 3.68. The number of carbonyl (C=O) groups is 1. The van der Waals surface area contributed by atoms with Crippen LogP contribution in [-0.2, 0) is 22.9 Å². The first-order chi connectivity index (χ1) is 32.2. The third kappa shape index (κ3) is 10.9. The Kier molecular flexibility index (Phi) is 15.3. The minimum atomic E-state index is -1.36. The summed E-state index contributed by atoms with van der Waals surface area (Å²) in [5, 5.41) is 11.7. The van der Waals surface area contributed by atoms with Gasteiger partial charge in [0.1, 0.15) is 47.6 Å². The zero-order valence-corrected chi connectivity index (χ0v) is 41.4. The number of ether oxygens (including phenoxy) is 5. The predicted octanol–water partition coefficient (Wildman–Crippen LogP) is 10.1. The van der Waals surface area contributed by atoms with Gasteiger partial charge in [0, 0.05) is 105 Å². The first-order valence-electron chi connectivity index (χ1n) is 21.6. The van der Waals surface area contributed by atoms with Crippen LogP contribution in [0.3, 0.4) is 0 Å². The largest absolute Gasteiger partial charge is 0.497 e. The Bertz CT molecular complexity index is 3050. The number of pyridine rings is 3. The number of hydrogen-bond acceptors (Lipinski definition) is 10. The van der Waals surface area contributed by atoms with E-state index >= 15 is 0 Å². The molecule has 0 spiro atoms. The number of nitrogens with one attached hydrogen (secondary N) is 2. The Morgan fingerprint density at radius 2 is 1.46 bits per heavy atom. The number of para-hydroxylation sites is 2. The maximum absolute atomic E-state index is 13.5. The number of aliphatic hydroxyl groups excluding tert-OH is 1. The first kappa shape index (κ1) is 48.2. The summed E-state index contributed by atoms with van der Waals surface area (Å²) < 4.78 is 31.8. The van der Waals surface area contributed by atoms with Gasteiger partial charge in [0.15, 0.2) is 11.5 Å². The van der Waals surface area contributed by atoms with Gasteiger partial charge < -0.3 is 48.2 Å². The van der Waals surface area contributed by atoms with Crippen LogP contribution in [0.2, 0.25) is 25.7 Å². The number of aromatic amines is 2. The number of fused-ring (bicyclic) bond motifs is 2. The fraction of sp³-hybridized carbons (Fsp3) is 0.255. The Balaban J connectivity index is 0.000000201. The smallest absolute Gasteiger partial charge is 0.255 e. The average Bonchev–Trinajstić information content (AvgIpc) is 3.94. The number of likely N-dealkylation sites (N-methyl/N-ethyl adjacent to an activating group) is 1. The number of rotatable bonds is 16. The molecule has 67 heavy (non-hydrogen) atoms. The molecular weight excluding hydrogens is 933 g/mol. The van der Waals surface area contributed by atoms with E-state index in [0.717, 1.165) is 67.7 Å². The molecule has 0 aliphatic carbocycles. The molecular formula is C51H55BrN6O8Si. The highest BCUT2D eigenvalue weighted by atomic mass is 79.9. The Hall–Kier alpha value is -6.72. The quantitative estimate of drug-likeness (QED) is 0.0627. The first-order valence-corrected chi connectivity index (χ1v) is 26.1. The van der Waals surface area contributed by atoms with E-state index in [4.69, 9.17) is 28.7 Å².